The fraction of sp³-hybridized carbons (Fsp3) is 0.163. The van der Waals surface area contributed by atoms with E-state index in [0.29, 0.717) is 0 Å². The van der Waals surface area contributed by atoms with E-state index in [1.54, 1.807) is 0 Å². The molecule has 2 heterocycles. The van der Waals surface area contributed by atoms with Crippen LogP contribution >= 0.6 is 0 Å². The van der Waals surface area contributed by atoms with Gasteiger partial charge in [-0.15, -0.1) is 0 Å². The highest BCUT2D eigenvalue weighted by Crippen LogP contribution is 2.45. The second kappa shape index (κ2) is 13.7. The molecule has 2 N–H and O–H groups in total. The van der Waals surface area contributed by atoms with Crippen LogP contribution in [-0.4, -0.2) is 17.7 Å². The Bertz CT molecular complexity index is 2710. The number of pyridine rings is 1. The molecule has 53 heavy (non-hydrogen) atoms. The number of benzene rings is 5. The first-order chi connectivity index (χ1) is 26.1. The van der Waals surface area contributed by atoms with Crippen molar-refractivity contribution in [2.24, 2.45) is 0 Å². The van der Waals surface area contributed by atoms with Crippen molar-refractivity contribution in [1.82, 2.24) is 10.3 Å². The second-order valence-corrected chi connectivity index (χ2v) is 14.5. The summed E-state index contributed by atoms with van der Waals surface area (Å²) in [6, 6.07) is 35.8. The molecule has 0 saturated heterocycles. The first-order valence-electron chi connectivity index (χ1n) is 18.7. The third kappa shape index (κ3) is 5.89. The predicted molar refractivity (Wildman–Crippen MR) is 221 cm³/mol. The molecule has 1 aromatic heterocycles. The van der Waals surface area contributed by atoms with Crippen LogP contribution in [-0.2, 0) is 0 Å². The van der Waals surface area contributed by atoms with E-state index < -0.39 is 0 Å². The maximum Gasteiger partial charge on any atom is 0.0943 e. The van der Waals surface area contributed by atoms with Crippen molar-refractivity contribution in [3.8, 4) is 17.2 Å². The number of fused-ring (bicyclic) bond motifs is 8. The minimum Gasteiger partial charge on any atom is -0.387 e. The van der Waals surface area contributed by atoms with Crippen LogP contribution in [0.4, 0.5) is 0 Å². The lowest BCUT2D eigenvalue weighted by molar-refractivity contribution is 0.598. The van der Waals surface area contributed by atoms with E-state index >= 15 is 0 Å². The van der Waals surface area contributed by atoms with Crippen LogP contribution in [0.1, 0.15) is 55.7 Å². The van der Waals surface area contributed by atoms with Crippen molar-refractivity contribution in [2.75, 3.05) is 6.54 Å². The average Bonchev–Trinajstić information content (AvgIpc) is 3.23. The normalized spacial score (nSPS) is 19.0. The lowest BCUT2D eigenvalue weighted by Crippen LogP contribution is -2.12. The van der Waals surface area contributed by atoms with E-state index in [1.165, 1.54) is 71.8 Å². The van der Waals surface area contributed by atoms with E-state index in [-0.39, 0.29) is 11.8 Å². The molecule has 0 saturated carbocycles. The van der Waals surface area contributed by atoms with Gasteiger partial charge in [-0.25, -0.2) is 0 Å². The number of allylic oxidation sites excluding steroid dienone is 10. The topological polar surface area (TPSA) is 72.6 Å². The number of dihydropyridines is 1. The molecule has 0 radical (unpaired) electrons. The predicted octanol–water partition coefficient (Wildman–Crippen LogP) is 12.1. The lowest BCUT2D eigenvalue weighted by atomic mass is 9.81. The second-order valence-electron chi connectivity index (χ2n) is 14.5. The molecule has 0 spiro atoms. The van der Waals surface area contributed by atoms with E-state index in [9.17, 15) is 5.26 Å². The Morgan fingerprint density at radius 2 is 1.60 bits per heavy atom. The summed E-state index contributed by atoms with van der Waals surface area (Å²) in [4.78, 5) is 5.54. The van der Waals surface area contributed by atoms with Gasteiger partial charge in [-0.2, -0.15) is 5.26 Å². The molecule has 0 bridgehead atoms. The SMILES string of the molecule is C/C(=C\C=N)C1=CC(C2=CNCC=C2)=CC(c2ccc(-c3ccc4c(c3)nc(C3CC=C(C#N)CC3)c3c5ccccc5c5ccccc5c43)cc2)C1. The fourth-order valence-electron chi connectivity index (χ4n) is 8.65. The zero-order valence-electron chi connectivity index (χ0n) is 29.9. The van der Waals surface area contributed by atoms with Gasteiger partial charge in [0.05, 0.1) is 17.3 Å². The molecule has 0 amide bonds. The number of hydrogen-bond acceptors (Lipinski definition) is 4. The van der Waals surface area contributed by atoms with E-state index in [2.05, 4.69) is 146 Å². The van der Waals surface area contributed by atoms with Gasteiger partial charge < -0.3 is 10.7 Å². The molecule has 4 heteroatoms. The smallest absolute Gasteiger partial charge is 0.0943 e. The first kappa shape index (κ1) is 32.6. The van der Waals surface area contributed by atoms with Gasteiger partial charge in [0, 0.05) is 52.5 Å². The maximum absolute atomic E-state index is 9.61. The summed E-state index contributed by atoms with van der Waals surface area (Å²) in [6.07, 6.45) is 20.0. The molecule has 2 atom stereocenters. The van der Waals surface area contributed by atoms with Crippen LogP contribution in [0.25, 0.3) is 54.3 Å². The van der Waals surface area contributed by atoms with Crippen molar-refractivity contribution in [3.05, 3.63) is 173 Å². The number of rotatable bonds is 6. The summed E-state index contributed by atoms with van der Waals surface area (Å²) in [7, 11) is 0. The molecule has 256 valence electrons. The van der Waals surface area contributed by atoms with Crippen LogP contribution < -0.4 is 5.32 Å². The van der Waals surface area contributed by atoms with Gasteiger partial charge >= 0.3 is 0 Å². The van der Waals surface area contributed by atoms with Gasteiger partial charge in [0.2, 0.25) is 0 Å². The number of nitrogens with one attached hydrogen (secondary N) is 2. The molecule has 1 aliphatic heterocycles. The zero-order valence-corrected chi connectivity index (χ0v) is 29.9. The molecule has 5 aromatic carbocycles. The van der Waals surface area contributed by atoms with Gasteiger partial charge in [-0.3, -0.25) is 4.98 Å². The number of hydrogen-bond donors (Lipinski definition) is 2. The number of nitrogens with zero attached hydrogens (tertiary/aromatic N) is 2. The fourth-order valence-corrected chi connectivity index (χ4v) is 8.65. The van der Waals surface area contributed by atoms with Crippen molar-refractivity contribution in [1.29, 1.82) is 10.7 Å². The van der Waals surface area contributed by atoms with Gasteiger partial charge in [0.15, 0.2) is 0 Å². The minimum atomic E-state index is 0.228. The van der Waals surface area contributed by atoms with E-state index in [4.69, 9.17) is 10.4 Å². The molecule has 4 nitrogen and oxygen atoms in total. The van der Waals surface area contributed by atoms with E-state index in [1.807, 2.05) is 6.08 Å². The van der Waals surface area contributed by atoms with Crippen LogP contribution in [0, 0.1) is 16.7 Å². The Labute approximate surface area is 310 Å². The molecular weight excluding hydrogens is 645 g/mol. The Hall–Kier alpha value is -6.31. The standard InChI is InChI=1S/C49H40N4/c1-31(22-23-50)38-25-39(27-40(26-38)37-7-6-24-52-30-37)34-18-16-33(17-19-34)36-20-21-45-46(28-36)53-49(35-14-12-32(29-51)13-15-35)48-44-11-5-3-9-42(44)41-8-2-4-10-43(41)47(45)48/h2-12,16-23,26-28,30,35,39,50,52H,13-15,24-25H2,1H3/b31-22+,50-23?. The van der Waals surface area contributed by atoms with Crippen molar-refractivity contribution in [3.63, 3.8) is 0 Å². The highest BCUT2D eigenvalue weighted by Gasteiger charge is 2.25. The molecule has 9 rings (SSSR count). The lowest BCUT2D eigenvalue weighted by Gasteiger charge is -2.24. The Kier molecular flexibility index (Phi) is 8.41. The van der Waals surface area contributed by atoms with E-state index in [0.717, 1.165) is 60.1 Å². The average molecular weight is 685 g/mol. The highest BCUT2D eigenvalue weighted by atomic mass is 14.8. The van der Waals surface area contributed by atoms with Crippen LogP contribution in [0.5, 0.6) is 0 Å². The minimum absolute atomic E-state index is 0.228. The molecule has 0 fully saturated rings. The van der Waals surface area contributed by atoms with Crippen LogP contribution in [0.2, 0.25) is 0 Å². The summed E-state index contributed by atoms with van der Waals surface area (Å²) in [6.45, 7) is 2.95. The quantitative estimate of drug-likeness (QED) is 0.135. The Morgan fingerprint density at radius 1 is 0.868 bits per heavy atom. The molecule has 2 aliphatic carbocycles. The van der Waals surface area contributed by atoms with Crippen molar-refractivity contribution < 1.29 is 0 Å². The third-order valence-electron chi connectivity index (χ3n) is 11.4. The monoisotopic (exact) mass is 684 g/mol. The maximum atomic E-state index is 9.61. The van der Waals surface area contributed by atoms with Gasteiger partial charge in [0.25, 0.3) is 0 Å². The van der Waals surface area contributed by atoms with Crippen molar-refractivity contribution >= 4 is 49.4 Å². The summed E-state index contributed by atoms with van der Waals surface area (Å²) in [5.74, 6) is 0.470. The van der Waals surface area contributed by atoms with Gasteiger partial charge in [-0.1, -0.05) is 115 Å². The molecule has 6 aromatic rings. The third-order valence-corrected chi connectivity index (χ3v) is 11.4. The largest absolute Gasteiger partial charge is 0.387 e. The Morgan fingerprint density at radius 3 is 2.28 bits per heavy atom. The summed E-state index contributed by atoms with van der Waals surface area (Å²) in [5, 5.41) is 29.3. The van der Waals surface area contributed by atoms with Gasteiger partial charge in [-0.05, 0) is 105 Å². The highest BCUT2D eigenvalue weighted by molar-refractivity contribution is 6.31. The molecular formula is C49H40N4. The summed E-state index contributed by atoms with van der Waals surface area (Å²) < 4.78 is 0. The molecule has 3 aliphatic rings. The van der Waals surface area contributed by atoms with Crippen LogP contribution in [0.3, 0.4) is 0 Å². The summed E-state index contributed by atoms with van der Waals surface area (Å²) >= 11 is 0. The number of nitriles is 1. The first-order valence-corrected chi connectivity index (χ1v) is 18.7. The summed E-state index contributed by atoms with van der Waals surface area (Å²) in [5.41, 5.74) is 11.4. The van der Waals surface area contributed by atoms with Crippen LogP contribution in [0.15, 0.2) is 162 Å². The molecule has 2 unspecified atom stereocenters. The van der Waals surface area contributed by atoms with Gasteiger partial charge in [0.1, 0.15) is 0 Å². The number of aromatic nitrogens is 1. The zero-order chi connectivity index (χ0) is 35.9. The van der Waals surface area contributed by atoms with Crippen molar-refractivity contribution in [2.45, 2.75) is 44.4 Å². The Balaban J connectivity index is 1.15.